The molecule has 2 N–H and O–H groups in total. The lowest BCUT2D eigenvalue weighted by Crippen LogP contribution is -2.30. The average molecular weight is 1110 g/mol. The molecule has 446 valence electrons. The third-order valence-electron chi connectivity index (χ3n) is 12.7. The molecule has 12 heteroatoms. The van der Waals surface area contributed by atoms with E-state index in [-0.39, 0.29) is 25.9 Å². The fourth-order valence-electron chi connectivity index (χ4n) is 8.04. The maximum Gasteiger partial charge on any atom is 0.472 e. The van der Waals surface area contributed by atoms with Crippen LogP contribution in [0.4, 0.5) is 0 Å². The highest BCUT2D eigenvalue weighted by Gasteiger charge is 2.28. The standard InChI is InChI=1S/C66H111O11P/c1-4-7-10-13-16-19-22-25-28-30-31-33-35-37-40-43-46-49-52-55-64(68)73-59-63(77-66(70)57-54-51-48-45-42-39-36-32-29-26-23-20-17-14-11-8-5-2)61-75-78(71,72)74-60-62(58-67)76-65(69)56-53-50-47-44-41-38-34-27-24-21-18-15-12-9-6-3/h8-9,11-12,17-18,20-21,25-29,34,36,39,41,44,62-63,67H,4-7,10,13-16,19,22-24,30-33,35,37-38,40,42-43,45-61H2,1-3H3,(H,71,72)/b11-8-,12-9-,20-17-,21-18-,28-25-,29-26-,34-27-,39-36-,44-41-. The minimum absolute atomic E-state index is 0.118. The van der Waals surface area contributed by atoms with E-state index in [2.05, 4.69) is 130 Å². The molecule has 0 aliphatic carbocycles. The Hall–Kier alpha value is -3.86. The molecule has 0 fully saturated rings. The molecule has 11 nitrogen and oxygen atoms in total. The fourth-order valence-corrected chi connectivity index (χ4v) is 8.82. The molecule has 0 bridgehead atoms. The zero-order chi connectivity index (χ0) is 56.9. The lowest BCUT2D eigenvalue weighted by molar-refractivity contribution is -0.161. The number of rotatable bonds is 56. The summed E-state index contributed by atoms with van der Waals surface area (Å²) in [5.74, 6) is -1.54. The molecule has 0 rings (SSSR count). The molecule has 0 saturated heterocycles. The lowest BCUT2D eigenvalue weighted by Gasteiger charge is -2.21. The number of allylic oxidation sites excluding steroid dienone is 18. The molecular weight excluding hydrogens is 1000 g/mol. The Bertz CT molecular complexity index is 1720. The number of carbonyl (C=O) groups is 3. The van der Waals surface area contributed by atoms with E-state index in [1.807, 2.05) is 0 Å². The minimum Gasteiger partial charge on any atom is -0.462 e. The van der Waals surface area contributed by atoms with E-state index in [1.54, 1.807) is 0 Å². The zero-order valence-electron chi connectivity index (χ0n) is 49.3. The van der Waals surface area contributed by atoms with Crippen molar-refractivity contribution in [2.75, 3.05) is 26.4 Å². The number of hydrogen-bond acceptors (Lipinski definition) is 10. The summed E-state index contributed by atoms with van der Waals surface area (Å²) >= 11 is 0. The number of unbranched alkanes of at least 4 members (excludes halogenated alkanes) is 21. The Morgan fingerprint density at radius 1 is 0.372 bits per heavy atom. The van der Waals surface area contributed by atoms with E-state index in [1.165, 1.54) is 83.5 Å². The van der Waals surface area contributed by atoms with Crippen LogP contribution in [0.3, 0.4) is 0 Å². The number of aliphatic hydroxyl groups is 1. The summed E-state index contributed by atoms with van der Waals surface area (Å²) in [7, 11) is -4.78. The van der Waals surface area contributed by atoms with Gasteiger partial charge in [0.25, 0.3) is 0 Å². The molecule has 3 unspecified atom stereocenters. The topological polar surface area (TPSA) is 155 Å². The van der Waals surface area contributed by atoms with Gasteiger partial charge in [-0.25, -0.2) is 4.57 Å². The van der Waals surface area contributed by atoms with E-state index in [0.717, 1.165) is 109 Å². The summed E-state index contributed by atoms with van der Waals surface area (Å²) in [6.45, 7) is 4.35. The maximum atomic E-state index is 12.9. The van der Waals surface area contributed by atoms with Crippen LogP contribution in [0.1, 0.15) is 252 Å². The number of phosphoric acid groups is 1. The number of carbonyl (C=O) groups excluding carboxylic acids is 3. The summed E-state index contributed by atoms with van der Waals surface area (Å²) < 4.78 is 39.6. The van der Waals surface area contributed by atoms with E-state index >= 15 is 0 Å². The number of ether oxygens (including phenoxy) is 3. The Kier molecular flexibility index (Phi) is 56.3. The van der Waals surface area contributed by atoms with Crippen molar-refractivity contribution in [3.8, 4) is 0 Å². The Morgan fingerprint density at radius 3 is 1.06 bits per heavy atom. The van der Waals surface area contributed by atoms with E-state index < -0.39 is 57.8 Å². The summed E-state index contributed by atoms with van der Waals surface area (Å²) in [6, 6.07) is 0. The molecular formula is C66H111O11P. The Labute approximate surface area is 475 Å². The first kappa shape index (κ1) is 74.1. The number of esters is 3. The monoisotopic (exact) mass is 1110 g/mol. The van der Waals surface area contributed by atoms with Gasteiger partial charge in [-0.2, -0.15) is 0 Å². The quantitative estimate of drug-likeness (QED) is 0.0197. The third-order valence-corrected chi connectivity index (χ3v) is 13.6. The van der Waals surface area contributed by atoms with Crippen LogP contribution in [0, 0.1) is 0 Å². The van der Waals surface area contributed by atoms with Gasteiger partial charge in [0.1, 0.15) is 12.7 Å². The summed E-state index contributed by atoms with van der Waals surface area (Å²) in [5, 5.41) is 9.83. The van der Waals surface area contributed by atoms with E-state index in [0.29, 0.717) is 19.3 Å². The molecule has 0 heterocycles. The van der Waals surface area contributed by atoms with Gasteiger partial charge in [0.2, 0.25) is 0 Å². The van der Waals surface area contributed by atoms with Crippen LogP contribution in [0.2, 0.25) is 0 Å². The summed E-state index contributed by atoms with van der Waals surface area (Å²) in [5.41, 5.74) is 0. The molecule has 0 aliphatic rings. The van der Waals surface area contributed by atoms with Crippen molar-refractivity contribution in [1.29, 1.82) is 0 Å². The lowest BCUT2D eigenvalue weighted by atomic mass is 10.1. The largest absolute Gasteiger partial charge is 0.472 e. The van der Waals surface area contributed by atoms with E-state index in [9.17, 15) is 28.9 Å². The highest BCUT2D eigenvalue weighted by molar-refractivity contribution is 7.47. The molecule has 0 aliphatic heterocycles. The van der Waals surface area contributed by atoms with Gasteiger partial charge in [-0.05, 0) is 122 Å². The van der Waals surface area contributed by atoms with Gasteiger partial charge >= 0.3 is 25.7 Å². The second-order valence-electron chi connectivity index (χ2n) is 20.1. The average Bonchev–Trinajstić information content (AvgIpc) is 3.43. The van der Waals surface area contributed by atoms with Crippen molar-refractivity contribution in [2.45, 2.75) is 264 Å². The van der Waals surface area contributed by atoms with Crippen LogP contribution >= 0.6 is 7.82 Å². The molecule has 0 aromatic carbocycles. The van der Waals surface area contributed by atoms with Crippen LogP contribution in [0.25, 0.3) is 0 Å². The number of aliphatic hydroxyl groups excluding tert-OH is 1. The van der Waals surface area contributed by atoms with Crippen LogP contribution in [-0.4, -0.2) is 66.5 Å². The molecule has 0 amide bonds. The van der Waals surface area contributed by atoms with Crippen LogP contribution in [0.15, 0.2) is 109 Å². The molecule has 0 spiro atoms. The molecule has 0 aromatic rings. The predicted octanol–water partition coefficient (Wildman–Crippen LogP) is 18.6. The van der Waals surface area contributed by atoms with Gasteiger partial charge in [0.15, 0.2) is 6.10 Å². The third kappa shape index (κ3) is 56.8. The van der Waals surface area contributed by atoms with E-state index in [4.69, 9.17) is 23.3 Å². The number of phosphoric ester groups is 1. The molecule has 0 saturated carbocycles. The van der Waals surface area contributed by atoms with Gasteiger partial charge < -0.3 is 24.2 Å². The fraction of sp³-hybridized carbons (Fsp3) is 0.682. The van der Waals surface area contributed by atoms with Crippen molar-refractivity contribution >= 4 is 25.7 Å². The molecule has 0 aromatic heterocycles. The SMILES string of the molecule is CC/C=C\C/C=C\C/C=C\C/C=C\CCCCCCC(=O)OC(COC(=O)CCCCCCCCCCC/C=C\CCCCCCCC)COP(=O)(O)OCC(CO)OC(=O)CCCC/C=C\C/C=C\C/C=C\C/C=C\CC. The first-order valence-electron chi connectivity index (χ1n) is 30.8. The van der Waals surface area contributed by atoms with Crippen molar-refractivity contribution in [1.82, 2.24) is 0 Å². The van der Waals surface area contributed by atoms with Crippen LogP contribution < -0.4 is 0 Å². The molecule has 3 atom stereocenters. The second-order valence-corrected chi connectivity index (χ2v) is 21.6. The van der Waals surface area contributed by atoms with Gasteiger partial charge in [0.05, 0.1) is 19.8 Å². The summed E-state index contributed by atoms with van der Waals surface area (Å²) in [4.78, 5) is 48.7. The van der Waals surface area contributed by atoms with Crippen molar-refractivity contribution < 1.29 is 52.2 Å². The minimum atomic E-state index is -4.78. The summed E-state index contributed by atoms with van der Waals surface area (Å²) in [6.07, 6.45) is 71.9. The second kappa shape index (κ2) is 59.3. The van der Waals surface area contributed by atoms with Crippen molar-refractivity contribution in [3.63, 3.8) is 0 Å². The first-order chi connectivity index (χ1) is 38.2. The maximum absolute atomic E-state index is 12.9. The predicted molar refractivity (Wildman–Crippen MR) is 325 cm³/mol. The van der Waals surface area contributed by atoms with Gasteiger partial charge in [-0.1, -0.05) is 220 Å². The highest BCUT2D eigenvalue weighted by Crippen LogP contribution is 2.43. The first-order valence-corrected chi connectivity index (χ1v) is 32.3. The zero-order valence-corrected chi connectivity index (χ0v) is 50.2. The Balaban J connectivity index is 4.79. The normalized spacial score (nSPS) is 14.1. The Morgan fingerprint density at radius 2 is 0.667 bits per heavy atom. The molecule has 78 heavy (non-hydrogen) atoms. The van der Waals surface area contributed by atoms with Gasteiger partial charge in [-0.3, -0.25) is 23.4 Å². The van der Waals surface area contributed by atoms with Gasteiger partial charge in [-0.15, -0.1) is 0 Å². The van der Waals surface area contributed by atoms with Crippen LogP contribution in [0.5, 0.6) is 0 Å². The van der Waals surface area contributed by atoms with Crippen molar-refractivity contribution in [3.05, 3.63) is 109 Å². The smallest absolute Gasteiger partial charge is 0.462 e. The number of hydrogen-bond donors (Lipinski definition) is 2. The van der Waals surface area contributed by atoms with Gasteiger partial charge in [0, 0.05) is 19.3 Å². The highest BCUT2D eigenvalue weighted by atomic mass is 31.2. The molecule has 0 radical (unpaired) electrons. The van der Waals surface area contributed by atoms with Crippen molar-refractivity contribution in [2.24, 2.45) is 0 Å². The van der Waals surface area contributed by atoms with Crippen LogP contribution in [-0.2, 0) is 42.2 Å².